The number of aliphatic carboxylic acids is 1. The fourth-order valence-electron chi connectivity index (χ4n) is 1.91. The fraction of sp³-hybridized carbons (Fsp3) is 0.818. The van der Waals surface area contributed by atoms with Gasteiger partial charge in [-0.1, -0.05) is 0 Å². The Morgan fingerprint density at radius 1 is 1.53 bits per heavy atom. The van der Waals surface area contributed by atoms with Gasteiger partial charge in [-0.2, -0.15) is 0 Å². The van der Waals surface area contributed by atoms with Crippen LogP contribution < -0.4 is 0 Å². The number of piperazine rings is 1. The van der Waals surface area contributed by atoms with Gasteiger partial charge in [-0.25, -0.2) is 0 Å². The van der Waals surface area contributed by atoms with Crippen LogP contribution in [0.1, 0.15) is 6.42 Å². The Morgan fingerprint density at radius 3 is 2.71 bits per heavy atom. The van der Waals surface area contributed by atoms with Crippen molar-refractivity contribution in [3.05, 3.63) is 0 Å². The summed E-state index contributed by atoms with van der Waals surface area (Å²) in [5.41, 5.74) is 0. The average Bonchev–Trinajstić information content (AvgIpc) is 2.21. The first-order chi connectivity index (χ1) is 7.90. The Labute approximate surface area is 102 Å². The van der Waals surface area contributed by atoms with Crippen LogP contribution in [-0.4, -0.2) is 85.0 Å². The van der Waals surface area contributed by atoms with E-state index in [1.165, 1.54) is 0 Å². The summed E-state index contributed by atoms with van der Waals surface area (Å²) < 4.78 is 0. The van der Waals surface area contributed by atoms with Crippen molar-refractivity contribution in [3.63, 3.8) is 0 Å². The van der Waals surface area contributed by atoms with Crippen molar-refractivity contribution in [2.24, 2.45) is 0 Å². The number of carbonyl (C=O) groups is 2. The molecule has 0 aliphatic carbocycles. The molecule has 0 aromatic rings. The van der Waals surface area contributed by atoms with Gasteiger partial charge in [-0.15, -0.1) is 0 Å². The maximum atomic E-state index is 11.7. The van der Waals surface area contributed by atoms with Crippen molar-refractivity contribution in [2.75, 3.05) is 47.3 Å². The minimum absolute atomic E-state index is 0.00116. The van der Waals surface area contributed by atoms with Gasteiger partial charge in [-0.05, 0) is 14.1 Å². The minimum atomic E-state index is -0.857. The molecule has 1 N–H and O–H groups in total. The molecule has 0 aromatic carbocycles. The molecule has 1 aliphatic heterocycles. The molecule has 1 aliphatic rings. The van der Waals surface area contributed by atoms with Crippen LogP contribution in [0.2, 0.25) is 0 Å². The third kappa shape index (κ3) is 4.32. The minimum Gasteiger partial charge on any atom is -0.481 e. The Morgan fingerprint density at radius 2 is 2.18 bits per heavy atom. The molecule has 1 rings (SSSR count). The molecule has 17 heavy (non-hydrogen) atoms. The topological polar surface area (TPSA) is 64.1 Å². The van der Waals surface area contributed by atoms with Gasteiger partial charge >= 0.3 is 5.97 Å². The van der Waals surface area contributed by atoms with Crippen LogP contribution in [0.15, 0.2) is 0 Å². The second-order valence-corrected chi connectivity index (χ2v) is 4.79. The number of nitrogens with zero attached hydrogens (tertiary/aromatic N) is 3. The molecule has 1 amide bonds. The summed E-state index contributed by atoms with van der Waals surface area (Å²) in [6.07, 6.45) is 0.0146. The first kappa shape index (κ1) is 13.9. The van der Waals surface area contributed by atoms with Crippen LogP contribution >= 0.6 is 0 Å². The largest absolute Gasteiger partial charge is 0.481 e. The summed E-state index contributed by atoms with van der Waals surface area (Å²) in [5, 5.41) is 8.81. The second kappa shape index (κ2) is 5.97. The zero-order valence-corrected chi connectivity index (χ0v) is 10.7. The molecule has 0 saturated carbocycles. The fourth-order valence-corrected chi connectivity index (χ4v) is 1.91. The van der Waals surface area contributed by atoms with E-state index in [4.69, 9.17) is 5.11 Å². The molecule has 0 spiro atoms. The summed E-state index contributed by atoms with van der Waals surface area (Å²) in [6, 6.07) is -0.212. The monoisotopic (exact) mass is 243 g/mol. The number of amides is 1. The molecule has 6 nitrogen and oxygen atoms in total. The second-order valence-electron chi connectivity index (χ2n) is 4.79. The summed E-state index contributed by atoms with van der Waals surface area (Å²) >= 11 is 0. The number of carbonyl (C=O) groups excluding carboxylic acids is 1. The van der Waals surface area contributed by atoms with E-state index in [9.17, 15) is 9.59 Å². The lowest BCUT2D eigenvalue weighted by atomic mass is 10.1. The van der Waals surface area contributed by atoms with Gasteiger partial charge in [0.15, 0.2) is 0 Å². The molecule has 0 bridgehead atoms. The highest BCUT2D eigenvalue weighted by Gasteiger charge is 2.30. The van der Waals surface area contributed by atoms with E-state index < -0.39 is 5.97 Å². The van der Waals surface area contributed by atoms with Crippen molar-refractivity contribution >= 4 is 11.9 Å². The average molecular weight is 243 g/mol. The first-order valence-corrected chi connectivity index (χ1v) is 5.74. The molecule has 6 heteroatoms. The van der Waals surface area contributed by atoms with Gasteiger partial charge in [0.2, 0.25) is 5.91 Å². The van der Waals surface area contributed by atoms with Gasteiger partial charge in [0, 0.05) is 26.7 Å². The maximum absolute atomic E-state index is 11.7. The number of hydrogen-bond acceptors (Lipinski definition) is 4. The molecule has 0 radical (unpaired) electrons. The standard InChI is InChI=1S/C11H21N3O3/c1-12(2)4-5-14-7-9(6-11(16)17)13(3)10(15)8-14/h9H,4-8H2,1-3H3,(H,16,17). The number of likely N-dealkylation sites (N-methyl/N-ethyl adjacent to an activating group) is 2. The van der Waals surface area contributed by atoms with Crippen LogP contribution in [0.3, 0.4) is 0 Å². The van der Waals surface area contributed by atoms with Gasteiger partial charge in [0.25, 0.3) is 0 Å². The Hall–Kier alpha value is -1.14. The predicted octanol–water partition coefficient (Wildman–Crippen LogP) is -0.835. The van der Waals surface area contributed by atoms with Gasteiger partial charge in [0.1, 0.15) is 0 Å². The zero-order valence-electron chi connectivity index (χ0n) is 10.7. The van der Waals surface area contributed by atoms with E-state index in [0.717, 1.165) is 13.1 Å². The molecule has 1 atom stereocenters. The lowest BCUT2D eigenvalue weighted by Crippen LogP contribution is -2.56. The molecule has 1 heterocycles. The van der Waals surface area contributed by atoms with Crippen molar-refractivity contribution in [3.8, 4) is 0 Å². The Balaban J connectivity index is 2.54. The number of hydrogen-bond donors (Lipinski definition) is 1. The molecule has 1 fully saturated rings. The summed E-state index contributed by atoms with van der Waals surface area (Å²) in [7, 11) is 5.64. The predicted molar refractivity (Wildman–Crippen MR) is 63.8 cm³/mol. The van der Waals surface area contributed by atoms with E-state index >= 15 is 0 Å². The van der Waals surface area contributed by atoms with Crippen molar-refractivity contribution in [1.82, 2.24) is 14.7 Å². The van der Waals surface area contributed by atoms with Crippen LogP contribution in [0.25, 0.3) is 0 Å². The number of carboxylic acids is 1. The smallest absolute Gasteiger partial charge is 0.305 e. The van der Waals surface area contributed by atoms with Gasteiger partial charge in [0.05, 0.1) is 19.0 Å². The first-order valence-electron chi connectivity index (χ1n) is 5.74. The number of rotatable bonds is 5. The maximum Gasteiger partial charge on any atom is 0.305 e. The molecular formula is C11H21N3O3. The molecule has 0 aromatic heterocycles. The Kier molecular flexibility index (Phi) is 4.89. The van der Waals surface area contributed by atoms with E-state index in [1.54, 1.807) is 11.9 Å². The zero-order chi connectivity index (χ0) is 13.0. The third-order valence-corrected chi connectivity index (χ3v) is 3.04. The molecular weight excluding hydrogens is 222 g/mol. The van der Waals surface area contributed by atoms with Gasteiger partial charge in [-0.3, -0.25) is 14.5 Å². The van der Waals surface area contributed by atoms with E-state index in [0.29, 0.717) is 13.1 Å². The number of carboxylic acid groups (broad SMARTS) is 1. The molecule has 98 valence electrons. The van der Waals surface area contributed by atoms with Gasteiger partial charge < -0.3 is 14.9 Å². The normalized spacial score (nSPS) is 22.2. The Bertz CT molecular complexity index is 294. The third-order valence-electron chi connectivity index (χ3n) is 3.04. The summed E-state index contributed by atoms with van der Waals surface area (Å²) in [6.45, 7) is 2.70. The van der Waals surface area contributed by atoms with Crippen LogP contribution in [0.4, 0.5) is 0 Å². The van der Waals surface area contributed by atoms with E-state index in [-0.39, 0.29) is 18.4 Å². The summed E-state index contributed by atoms with van der Waals surface area (Å²) in [5.74, 6) is -0.856. The van der Waals surface area contributed by atoms with Crippen molar-refractivity contribution in [2.45, 2.75) is 12.5 Å². The highest BCUT2D eigenvalue weighted by molar-refractivity contribution is 5.80. The van der Waals surface area contributed by atoms with E-state index in [1.807, 2.05) is 19.0 Å². The van der Waals surface area contributed by atoms with Crippen LogP contribution in [0.5, 0.6) is 0 Å². The molecule has 1 unspecified atom stereocenters. The molecule has 1 saturated heterocycles. The van der Waals surface area contributed by atoms with Crippen LogP contribution in [0, 0.1) is 0 Å². The SMILES string of the molecule is CN(C)CCN1CC(=O)N(C)C(CC(=O)O)C1. The van der Waals surface area contributed by atoms with Crippen LogP contribution in [-0.2, 0) is 9.59 Å². The highest BCUT2D eigenvalue weighted by Crippen LogP contribution is 2.12. The van der Waals surface area contributed by atoms with E-state index in [2.05, 4.69) is 4.90 Å². The van der Waals surface area contributed by atoms with Crippen molar-refractivity contribution in [1.29, 1.82) is 0 Å². The lowest BCUT2D eigenvalue weighted by molar-refractivity contribution is -0.143. The quantitative estimate of drug-likeness (QED) is 0.682. The lowest BCUT2D eigenvalue weighted by Gasteiger charge is -2.38. The summed E-state index contributed by atoms with van der Waals surface area (Å²) in [4.78, 5) is 28.1. The van der Waals surface area contributed by atoms with Crippen molar-refractivity contribution < 1.29 is 14.7 Å². The highest BCUT2D eigenvalue weighted by atomic mass is 16.4.